The smallest absolute Gasteiger partial charge is 0.138 e. The number of hydrogen-bond acceptors (Lipinski definition) is 3. The van der Waals surface area contributed by atoms with Gasteiger partial charge in [0.1, 0.15) is 12.4 Å². The molecule has 0 fully saturated rings. The number of ether oxygens (including phenoxy) is 1. The fraction of sp³-hybridized carbons (Fsp3) is 0.312. The lowest BCUT2D eigenvalue weighted by Gasteiger charge is -2.09. The predicted octanol–water partition coefficient (Wildman–Crippen LogP) is 3.92. The molecule has 1 aromatic carbocycles. The summed E-state index contributed by atoms with van der Waals surface area (Å²) in [6.07, 6.45) is 1.77. The zero-order valence-electron chi connectivity index (χ0n) is 11.8. The molecule has 0 atom stereocenters. The Bertz CT molecular complexity index is 540. The second-order valence-corrected chi connectivity index (χ2v) is 5.76. The van der Waals surface area contributed by atoms with Crippen LogP contribution in [0, 0.1) is 0 Å². The number of nitrogens with zero attached hydrogens (tertiary/aromatic N) is 1. The summed E-state index contributed by atoms with van der Waals surface area (Å²) in [4.78, 5) is 4.39. The molecule has 1 heterocycles. The Kier molecular flexibility index (Phi) is 5.56. The second kappa shape index (κ2) is 7.41. The molecule has 0 radical (unpaired) electrons. The first-order valence-electron chi connectivity index (χ1n) is 6.69. The molecule has 1 aromatic heterocycles. The van der Waals surface area contributed by atoms with Gasteiger partial charge in [-0.05, 0) is 18.2 Å². The summed E-state index contributed by atoms with van der Waals surface area (Å²) in [7, 11) is 0. The molecular formula is C16H19BrN2O. The van der Waals surface area contributed by atoms with Crippen LogP contribution in [0.5, 0.6) is 5.75 Å². The summed E-state index contributed by atoms with van der Waals surface area (Å²) in [6, 6.07) is 12.5. The lowest BCUT2D eigenvalue weighted by Crippen LogP contribution is -2.22. The maximum Gasteiger partial charge on any atom is 0.138 e. The largest absolute Gasteiger partial charge is 0.487 e. The van der Waals surface area contributed by atoms with Gasteiger partial charge in [0.25, 0.3) is 0 Å². The van der Waals surface area contributed by atoms with Crippen molar-refractivity contribution in [3.8, 4) is 5.75 Å². The molecule has 0 aliphatic rings. The molecule has 0 unspecified atom stereocenters. The van der Waals surface area contributed by atoms with Gasteiger partial charge in [0, 0.05) is 22.6 Å². The monoisotopic (exact) mass is 334 g/mol. The summed E-state index contributed by atoms with van der Waals surface area (Å²) in [5.41, 5.74) is 2.14. The van der Waals surface area contributed by atoms with E-state index in [1.165, 1.54) is 0 Å². The third-order valence-corrected chi connectivity index (χ3v) is 3.61. The van der Waals surface area contributed by atoms with E-state index in [1.807, 2.05) is 36.4 Å². The van der Waals surface area contributed by atoms with Gasteiger partial charge in [-0.15, -0.1) is 0 Å². The van der Waals surface area contributed by atoms with Crippen LogP contribution >= 0.6 is 15.9 Å². The molecule has 2 aromatic rings. The van der Waals surface area contributed by atoms with Gasteiger partial charge < -0.3 is 10.1 Å². The molecule has 4 heteroatoms. The second-order valence-electron chi connectivity index (χ2n) is 4.90. The van der Waals surface area contributed by atoms with Crippen LogP contribution in [0.3, 0.4) is 0 Å². The summed E-state index contributed by atoms with van der Waals surface area (Å²) in [6.45, 7) is 5.55. The average Bonchev–Trinajstić information content (AvgIpc) is 2.45. The molecule has 0 aliphatic heterocycles. The van der Waals surface area contributed by atoms with Gasteiger partial charge in [-0.2, -0.15) is 0 Å². The molecule has 20 heavy (non-hydrogen) atoms. The van der Waals surface area contributed by atoms with Crippen molar-refractivity contribution in [2.75, 3.05) is 0 Å². The van der Waals surface area contributed by atoms with E-state index in [9.17, 15) is 0 Å². The van der Waals surface area contributed by atoms with Crippen molar-refractivity contribution in [3.63, 3.8) is 0 Å². The molecule has 0 amide bonds. The average molecular weight is 335 g/mol. The fourth-order valence-corrected chi connectivity index (χ4v) is 2.09. The highest BCUT2D eigenvalue weighted by molar-refractivity contribution is 9.10. The lowest BCUT2D eigenvalue weighted by molar-refractivity contribution is 0.304. The summed E-state index contributed by atoms with van der Waals surface area (Å²) in [5.74, 6) is 0.786. The Hall–Kier alpha value is -1.39. The number of pyridine rings is 1. The lowest BCUT2D eigenvalue weighted by atomic mass is 10.2. The molecule has 1 N–H and O–H groups in total. The van der Waals surface area contributed by atoms with Gasteiger partial charge in [0.05, 0.1) is 11.9 Å². The first-order chi connectivity index (χ1) is 9.65. The van der Waals surface area contributed by atoms with E-state index in [-0.39, 0.29) is 0 Å². The Labute approximate surface area is 128 Å². The van der Waals surface area contributed by atoms with Crippen LogP contribution in [0.25, 0.3) is 0 Å². The molecule has 0 saturated heterocycles. The number of hydrogen-bond donors (Lipinski definition) is 1. The van der Waals surface area contributed by atoms with Crippen molar-refractivity contribution < 1.29 is 4.74 Å². The first-order valence-corrected chi connectivity index (χ1v) is 7.49. The van der Waals surface area contributed by atoms with E-state index >= 15 is 0 Å². The molecule has 0 saturated carbocycles. The molecule has 0 aliphatic carbocycles. The molecule has 0 bridgehead atoms. The van der Waals surface area contributed by atoms with Gasteiger partial charge in [-0.1, -0.05) is 48.0 Å². The summed E-state index contributed by atoms with van der Waals surface area (Å²) in [5, 5.41) is 3.34. The predicted molar refractivity (Wildman–Crippen MR) is 84.7 cm³/mol. The van der Waals surface area contributed by atoms with E-state index in [4.69, 9.17) is 4.74 Å². The Balaban J connectivity index is 1.89. The number of halogens is 1. The van der Waals surface area contributed by atoms with Crippen LogP contribution in [0.4, 0.5) is 0 Å². The highest BCUT2D eigenvalue weighted by Gasteiger charge is 2.01. The molecule has 3 nitrogen and oxygen atoms in total. The summed E-state index contributed by atoms with van der Waals surface area (Å²) >= 11 is 3.51. The Morgan fingerprint density at radius 3 is 2.65 bits per heavy atom. The van der Waals surface area contributed by atoms with Crippen LogP contribution in [0.1, 0.15) is 25.1 Å². The quantitative estimate of drug-likeness (QED) is 0.869. The standard InChI is InChI=1S/C16H19BrN2O/c1-12(2)18-9-14-7-8-15(10-19-14)20-11-13-5-3-4-6-16(13)17/h3-8,10,12,18H,9,11H2,1-2H3. The molecule has 0 spiro atoms. The zero-order valence-corrected chi connectivity index (χ0v) is 13.4. The minimum atomic E-state index is 0.461. The van der Waals surface area contributed by atoms with Gasteiger partial charge in [-0.25, -0.2) is 0 Å². The van der Waals surface area contributed by atoms with E-state index in [1.54, 1.807) is 6.20 Å². The Morgan fingerprint density at radius 1 is 1.20 bits per heavy atom. The highest BCUT2D eigenvalue weighted by Crippen LogP contribution is 2.18. The molecule has 2 rings (SSSR count). The zero-order chi connectivity index (χ0) is 14.4. The van der Waals surface area contributed by atoms with Crippen LogP contribution in [0.2, 0.25) is 0 Å². The highest BCUT2D eigenvalue weighted by atomic mass is 79.9. The van der Waals surface area contributed by atoms with E-state index in [0.29, 0.717) is 12.6 Å². The topological polar surface area (TPSA) is 34.1 Å². The van der Waals surface area contributed by atoms with E-state index in [2.05, 4.69) is 40.1 Å². The maximum absolute atomic E-state index is 5.74. The fourth-order valence-electron chi connectivity index (χ4n) is 1.69. The first kappa shape index (κ1) is 15.0. The number of aromatic nitrogens is 1. The van der Waals surface area contributed by atoms with E-state index < -0.39 is 0 Å². The third kappa shape index (κ3) is 4.62. The Morgan fingerprint density at radius 2 is 2.00 bits per heavy atom. The van der Waals surface area contributed by atoms with Crippen molar-refractivity contribution in [3.05, 3.63) is 58.3 Å². The van der Waals surface area contributed by atoms with Crippen LogP contribution in [-0.4, -0.2) is 11.0 Å². The third-order valence-electron chi connectivity index (χ3n) is 2.84. The normalized spacial score (nSPS) is 10.8. The van der Waals surface area contributed by atoms with Crippen molar-refractivity contribution in [2.45, 2.75) is 33.0 Å². The van der Waals surface area contributed by atoms with Crippen LogP contribution < -0.4 is 10.1 Å². The number of rotatable bonds is 6. The van der Waals surface area contributed by atoms with Gasteiger partial charge in [0.2, 0.25) is 0 Å². The summed E-state index contributed by atoms with van der Waals surface area (Å²) < 4.78 is 6.80. The minimum absolute atomic E-state index is 0.461. The van der Waals surface area contributed by atoms with Crippen molar-refractivity contribution in [1.29, 1.82) is 0 Å². The van der Waals surface area contributed by atoms with Crippen molar-refractivity contribution in [1.82, 2.24) is 10.3 Å². The number of nitrogens with one attached hydrogen (secondary N) is 1. The van der Waals surface area contributed by atoms with Crippen LogP contribution in [0.15, 0.2) is 47.1 Å². The maximum atomic E-state index is 5.74. The van der Waals surface area contributed by atoms with Gasteiger partial charge in [-0.3, -0.25) is 4.98 Å². The van der Waals surface area contributed by atoms with E-state index in [0.717, 1.165) is 28.0 Å². The number of benzene rings is 1. The molecular weight excluding hydrogens is 316 g/mol. The van der Waals surface area contributed by atoms with Gasteiger partial charge in [0.15, 0.2) is 0 Å². The van der Waals surface area contributed by atoms with Crippen molar-refractivity contribution >= 4 is 15.9 Å². The van der Waals surface area contributed by atoms with Crippen LogP contribution in [-0.2, 0) is 13.2 Å². The minimum Gasteiger partial charge on any atom is -0.487 e. The SMILES string of the molecule is CC(C)NCc1ccc(OCc2ccccc2Br)cn1. The van der Waals surface area contributed by atoms with Gasteiger partial charge >= 0.3 is 0 Å². The molecule has 106 valence electrons. The van der Waals surface area contributed by atoms with Crippen molar-refractivity contribution in [2.24, 2.45) is 0 Å².